The van der Waals surface area contributed by atoms with Gasteiger partial charge in [-0.15, -0.1) is 0 Å². The Bertz CT molecular complexity index is 911. The highest BCUT2D eigenvalue weighted by atomic mass is 32.2. The van der Waals surface area contributed by atoms with Crippen LogP contribution in [0, 0.1) is 10.1 Å². The van der Waals surface area contributed by atoms with Crippen LogP contribution in [0.15, 0.2) is 35.7 Å². The van der Waals surface area contributed by atoms with Crippen molar-refractivity contribution in [1.82, 2.24) is 19.5 Å². The lowest BCUT2D eigenvalue weighted by atomic mass is 10.2. The lowest BCUT2D eigenvalue weighted by Gasteiger charge is -2.06. The molecule has 0 aliphatic carbocycles. The molecular weight excluding hydrogens is 340 g/mol. The first kappa shape index (κ1) is 17.2. The van der Waals surface area contributed by atoms with E-state index < -0.39 is 0 Å². The highest BCUT2D eigenvalue weighted by molar-refractivity contribution is 7.99. The summed E-state index contributed by atoms with van der Waals surface area (Å²) in [7, 11) is 0. The summed E-state index contributed by atoms with van der Waals surface area (Å²) in [5, 5.41) is 11.8. The van der Waals surface area contributed by atoms with Gasteiger partial charge in [0.25, 0.3) is 5.69 Å². The zero-order chi connectivity index (χ0) is 17.8. The molecule has 0 aliphatic heterocycles. The smallest absolute Gasteiger partial charge is 0.274 e. The summed E-state index contributed by atoms with van der Waals surface area (Å²) in [5.41, 5.74) is 7.76. The molecule has 2 heterocycles. The van der Waals surface area contributed by atoms with Gasteiger partial charge in [0, 0.05) is 17.4 Å². The minimum absolute atomic E-state index is 0.0731. The number of rotatable bonds is 7. The molecular formula is C16H18N6O2S. The maximum atomic E-state index is 11.2. The number of fused-ring (bicyclic) bond motifs is 1. The van der Waals surface area contributed by atoms with Crippen molar-refractivity contribution in [3.8, 4) is 0 Å². The third-order valence-corrected chi connectivity index (χ3v) is 4.66. The van der Waals surface area contributed by atoms with Gasteiger partial charge < -0.3 is 10.3 Å². The van der Waals surface area contributed by atoms with Crippen LogP contribution < -0.4 is 5.73 Å². The van der Waals surface area contributed by atoms with Crippen LogP contribution in [0.5, 0.6) is 0 Å². The summed E-state index contributed by atoms with van der Waals surface area (Å²) in [5.74, 6) is 1.24. The van der Waals surface area contributed by atoms with Gasteiger partial charge in [-0.3, -0.25) is 10.1 Å². The lowest BCUT2D eigenvalue weighted by molar-refractivity contribution is -0.385. The molecule has 0 amide bonds. The van der Waals surface area contributed by atoms with Crippen molar-refractivity contribution in [2.24, 2.45) is 0 Å². The average Bonchev–Trinajstić information content (AvgIpc) is 2.99. The fourth-order valence-electron chi connectivity index (χ4n) is 2.44. The SMILES string of the molecule is CCCCSc1nc(N)c2ncn(Cc3ccccc3[N+](=O)[O-])c2n1. The Balaban J connectivity index is 1.96. The second-order valence-electron chi connectivity index (χ2n) is 5.52. The maximum Gasteiger partial charge on any atom is 0.274 e. The molecule has 8 nitrogen and oxygen atoms in total. The van der Waals surface area contributed by atoms with E-state index in [1.165, 1.54) is 6.07 Å². The highest BCUT2D eigenvalue weighted by Gasteiger charge is 2.16. The summed E-state index contributed by atoms with van der Waals surface area (Å²) in [6.45, 7) is 2.42. The second-order valence-corrected chi connectivity index (χ2v) is 6.59. The van der Waals surface area contributed by atoms with Crippen molar-refractivity contribution in [3.63, 3.8) is 0 Å². The van der Waals surface area contributed by atoms with Gasteiger partial charge in [0.05, 0.1) is 17.8 Å². The Morgan fingerprint density at radius 1 is 1.32 bits per heavy atom. The molecule has 25 heavy (non-hydrogen) atoms. The number of imidazole rings is 1. The molecule has 1 aromatic carbocycles. The molecule has 2 aromatic heterocycles. The van der Waals surface area contributed by atoms with E-state index in [-0.39, 0.29) is 10.6 Å². The summed E-state index contributed by atoms with van der Waals surface area (Å²) in [6, 6.07) is 6.64. The largest absolute Gasteiger partial charge is 0.382 e. The normalized spacial score (nSPS) is 11.1. The van der Waals surface area contributed by atoms with E-state index in [0.717, 1.165) is 18.6 Å². The van der Waals surface area contributed by atoms with Crippen LogP contribution in [0.2, 0.25) is 0 Å². The van der Waals surface area contributed by atoms with Gasteiger partial charge in [0.2, 0.25) is 0 Å². The summed E-state index contributed by atoms with van der Waals surface area (Å²) in [6.07, 6.45) is 3.76. The molecule has 0 radical (unpaired) electrons. The molecule has 0 fully saturated rings. The number of nitro groups is 1. The third kappa shape index (κ3) is 3.71. The van der Waals surface area contributed by atoms with Gasteiger partial charge in [-0.05, 0) is 6.42 Å². The zero-order valence-corrected chi connectivity index (χ0v) is 14.6. The number of anilines is 1. The summed E-state index contributed by atoms with van der Waals surface area (Å²) in [4.78, 5) is 23.9. The lowest BCUT2D eigenvalue weighted by Crippen LogP contribution is -2.04. The summed E-state index contributed by atoms with van der Waals surface area (Å²) < 4.78 is 1.76. The number of thioether (sulfide) groups is 1. The van der Waals surface area contributed by atoms with Crippen molar-refractivity contribution < 1.29 is 4.92 Å². The predicted molar refractivity (Wildman–Crippen MR) is 97.6 cm³/mol. The quantitative estimate of drug-likeness (QED) is 0.227. The fourth-order valence-corrected chi connectivity index (χ4v) is 3.37. The van der Waals surface area contributed by atoms with E-state index >= 15 is 0 Å². The van der Waals surface area contributed by atoms with Crippen LogP contribution in [0.1, 0.15) is 25.3 Å². The van der Waals surface area contributed by atoms with Crippen LogP contribution in [-0.2, 0) is 6.54 Å². The standard InChI is InChI=1S/C16H18N6O2S/c1-2-3-8-25-16-19-14(17)13-15(20-16)21(10-18-13)9-11-6-4-5-7-12(11)22(23)24/h4-7,10H,2-3,8-9H2,1H3,(H2,17,19,20). The molecule has 3 aromatic rings. The Morgan fingerprint density at radius 2 is 2.12 bits per heavy atom. The van der Waals surface area contributed by atoms with Crippen LogP contribution in [0.3, 0.4) is 0 Å². The van der Waals surface area contributed by atoms with E-state index in [0.29, 0.717) is 34.2 Å². The molecule has 0 saturated carbocycles. The summed E-state index contributed by atoms with van der Waals surface area (Å²) >= 11 is 1.55. The molecule has 0 unspecified atom stereocenters. The third-order valence-electron chi connectivity index (χ3n) is 3.73. The molecule has 9 heteroatoms. The van der Waals surface area contributed by atoms with Crippen molar-refractivity contribution in [2.75, 3.05) is 11.5 Å². The maximum absolute atomic E-state index is 11.2. The monoisotopic (exact) mass is 358 g/mol. The molecule has 0 saturated heterocycles. The second kappa shape index (κ2) is 7.47. The van der Waals surface area contributed by atoms with Crippen LogP contribution in [0.4, 0.5) is 11.5 Å². The van der Waals surface area contributed by atoms with Crippen LogP contribution >= 0.6 is 11.8 Å². The van der Waals surface area contributed by atoms with Gasteiger partial charge in [-0.25, -0.2) is 15.0 Å². The molecule has 3 rings (SSSR count). The first-order valence-electron chi connectivity index (χ1n) is 7.93. The van der Waals surface area contributed by atoms with Crippen molar-refractivity contribution in [3.05, 3.63) is 46.3 Å². The number of hydrogen-bond acceptors (Lipinski definition) is 7. The van der Waals surface area contributed by atoms with Gasteiger partial charge >= 0.3 is 0 Å². The average molecular weight is 358 g/mol. The number of nitrogens with two attached hydrogens (primary N) is 1. The molecule has 130 valence electrons. The number of aromatic nitrogens is 4. The van der Waals surface area contributed by atoms with Crippen LogP contribution in [0.25, 0.3) is 11.2 Å². The molecule has 0 spiro atoms. The minimum Gasteiger partial charge on any atom is -0.382 e. The molecule has 0 bridgehead atoms. The van der Waals surface area contributed by atoms with E-state index in [1.54, 1.807) is 40.9 Å². The van der Waals surface area contributed by atoms with Crippen molar-refractivity contribution in [1.29, 1.82) is 0 Å². The van der Waals surface area contributed by atoms with Gasteiger partial charge in [-0.2, -0.15) is 0 Å². The van der Waals surface area contributed by atoms with Gasteiger partial charge in [-0.1, -0.05) is 43.3 Å². The first-order valence-corrected chi connectivity index (χ1v) is 8.92. The van der Waals surface area contributed by atoms with Gasteiger partial charge in [0.1, 0.15) is 5.52 Å². The number of para-hydroxylation sites is 1. The Morgan fingerprint density at radius 3 is 2.88 bits per heavy atom. The van der Waals surface area contributed by atoms with Crippen molar-refractivity contribution >= 4 is 34.4 Å². The van der Waals surface area contributed by atoms with Gasteiger partial charge in [0.15, 0.2) is 16.6 Å². The van der Waals surface area contributed by atoms with E-state index in [4.69, 9.17) is 5.73 Å². The predicted octanol–water partition coefficient (Wildman–Crippen LogP) is 3.26. The number of benzene rings is 1. The number of nitrogen functional groups attached to an aromatic ring is 1. The molecule has 0 atom stereocenters. The Labute approximate surface area is 148 Å². The van der Waals surface area contributed by atoms with E-state index in [9.17, 15) is 10.1 Å². The number of nitrogens with zero attached hydrogens (tertiary/aromatic N) is 5. The van der Waals surface area contributed by atoms with E-state index in [2.05, 4.69) is 21.9 Å². The zero-order valence-electron chi connectivity index (χ0n) is 13.8. The minimum atomic E-state index is -0.385. The Hall–Kier alpha value is -2.68. The van der Waals surface area contributed by atoms with Crippen molar-refractivity contribution in [2.45, 2.75) is 31.5 Å². The van der Waals surface area contributed by atoms with Crippen LogP contribution in [-0.4, -0.2) is 30.2 Å². The highest BCUT2D eigenvalue weighted by Crippen LogP contribution is 2.24. The number of nitro benzene ring substituents is 1. The topological polar surface area (TPSA) is 113 Å². The Kier molecular flexibility index (Phi) is 5.13. The fraction of sp³-hybridized carbons (Fsp3) is 0.312. The first-order chi connectivity index (χ1) is 12.1. The number of unbranched alkanes of at least 4 members (excludes halogenated alkanes) is 1. The number of hydrogen-bond donors (Lipinski definition) is 1. The van der Waals surface area contributed by atoms with E-state index in [1.807, 2.05) is 0 Å². The molecule has 2 N–H and O–H groups in total. The molecule has 0 aliphatic rings.